The van der Waals surface area contributed by atoms with Crippen molar-refractivity contribution in [2.75, 3.05) is 6.61 Å². The molecule has 0 radical (unpaired) electrons. The summed E-state index contributed by atoms with van der Waals surface area (Å²) < 4.78 is 6.69. The van der Waals surface area contributed by atoms with E-state index in [0.29, 0.717) is 4.83 Å². The van der Waals surface area contributed by atoms with E-state index in [1.165, 1.54) is 24.8 Å². The number of alkyl halides is 1. The van der Waals surface area contributed by atoms with Crippen LogP contribution in [-0.2, 0) is 0 Å². The van der Waals surface area contributed by atoms with Crippen molar-refractivity contribution in [3.63, 3.8) is 0 Å². The van der Waals surface area contributed by atoms with Crippen molar-refractivity contribution < 1.29 is 4.74 Å². The van der Waals surface area contributed by atoms with Crippen LogP contribution >= 0.6 is 31.9 Å². The average Bonchev–Trinajstić information content (AvgIpc) is 2.96. The largest absolute Gasteiger partial charge is 0.494 e. The summed E-state index contributed by atoms with van der Waals surface area (Å²) in [6, 6.07) is 6.36. The van der Waals surface area contributed by atoms with Crippen LogP contribution in [0, 0.1) is 17.8 Å². The minimum absolute atomic E-state index is 0.482. The number of hydrogen-bond acceptors (Lipinski definition) is 1. The molecular formula is C15H18Br2O. The zero-order valence-corrected chi connectivity index (χ0v) is 13.7. The highest BCUT2D eigenvalue weighted by molar-refractivity contribution is 9.11. The fraction of sp³-hybridized carbons (Fsp3) is 0.600. The van der Waals surface area contributed by atoms with E-state index in [-0.39, 0.29) is 0 Å². The van der Waals surface area contributed by atoms with Crippen LogP contribution < -0.4 is 4.74 Å². The minimum atomic E-state index is 0.482. The first-order valence-electron chi connectivity index (χ1n) is 6.75. The van der Waals surface area contributed by atoms with Gasteiger partial charge in [0.25, 0.3) is 0 Å². The maximum absolute atomic E-state index is 5.53. The average molecular weight is 374 g/mol. The summed E-state index contributed by atoms with van der Waals surface area (Å²) >= 11 is 7.59. The Bertz CT molecular complexity index is 436. The van der Waals surface area contributed by atoms with Crippen LogP contribution in [-0.4, -0.2) is 6.61 Å². The van der Waals surface area contributed by atoms with Crippen LogP contribution in [0.1, 0.15) is 36.6 Å². The van der Waals surface area contributed by atoms with Crippen LogP contribution in [0.15, 0.2) is 22.7 Å². The zero-order chi connectivity index (χ0) is 12.7. The summed E-state index contributed by atoms with van der Waals surface area (Å²) in [6.45, 7) is 2.73. The van der Waals surface area contributed by atoms with Gasteiger partial charge < -0.3 is 4.74 Å². The van der Waals surface area contributed by atoms with Crippen molar-refractivity contribution in [3.8, 4) is 5.75 Å². The summed E-state index contributed by atoms with van der Waals surface area (Å²) in [7, 11) is 0. The third-order valence-corrected chi connectivity index (χ3v) is 6.20. The molecule has 3 unspecified atom stereocenters. The quantitative estimate of drug-likeness (QED) is 0.648. The molecule has 0 aromatic heterocycles. The molecule has 2 saturated carbocycles. The minimum Gasteiger partial charge on any atom is -0.494 e. The molecule has 1 nitrogen and oxygen atoms in total. The lowest BCUT2D eigenvalue weighted by Gasteiger charge is -2.21. The Morgan fingerprint density at radius 3 is 2.61 bits per heavy atom. The molecule has 1 aromatic carbocycles. The summed E-state index contributed by atoms with van der Waals surface area (Å²) in [5.41, 5.74) is 1.37. The fourth-order valence-electron chi connectivity index (χ4n) is 3.24. The molecule has 3 rings (SSSR count). The van der Waals surface area contributed by atoms with Crippen molar-refractivity contribution in [2.24, 2.45) is 17.8 Å². The topological polar surface area (TPSA) is 9.23 Å². The number of halogens is 2. The zero-order valence-electron chi connectivity index (χ0n) is 10.5. The molecule has 0 aliphatic heterocycles. The lowest BCUT2D eigenvalue weighted by molar-refractivity contribution is 0.340. The number of benzene rings is 1. The second-order valence-corrected chi connectivity index (χ2v) is 7.35. The smallest absolute Gasteiger partial charge is 0.120 e. The molecule has 18 heavy (non-hydrogen) atoms. The highest BCUT2D eigenvalue weighted by atomic mass is 79.9. The second kappa shape index (κ2) is 5.16. The van der Waals surface area contributed by atoms with Gasteiger partial charge in [-0.25, -0.2) is 0 Å². The van der Waals surface area contributed by atoms with Gasteiger partial charge in [0.2, 0.25) is 0 Å². The lowest BCUT2D eigenvalue weighted by Crippen LogP contribution is -2.06. The Labute approximate surface area is 126 Å². The molecule has 3 heteroatoms. The van der Waals surface area contributed by atoms with Crippen LogP contribution in [0.5, 0.6) is 5.75 Å². The summed E-state index contributed by atoms with van der Waals surface area (Å²) in [6.07, 6.45) is 4.29. The van der Waals surface area contributed by atoms with E-state index in [1.807, 2.05) is 6.92 Å². The molecule has 0 spiro atoms. The Kier molecular flexibility index (Phi) is 3.72. The SMILES string of the molecule is CCOc1ccc(C(Br)C2CC3CC3C2)c(Br)c1. The van der Waals surface area contributed by atoms with Gasteiger partial charge in [0.05, 0.1) is 6.61 Å². The first-order valence-corrected chi connectivity index (χ1v) is 8.46. The number of ether oxygens (including phenoxy) is 1. The number of hydrogen-bond donors (Lipinski definition) is 0. The van der Waals surface area contributed by atoms with Crippen LogP contribution in [0.3, 0.4) is 0 Å². The molecule has 2 aliphatic rings. The third-order valence-electron chi connectivity index (χ3n) is 4.27. The third kappa shape index (κ3) is 2.49. The van der Waals surface area contributed by atoms with Crippen molar-refractivity contribution >= 4 is 31.9 Å². The van der Waals surface area contributed by atoms with Crippen molar-refractivity contribution in [3.05, 3.63) is 28.2 Å². The molecule has 1 aromatic rings. The first kappa shape index (κ1) is 13.0. The monoisotopic (exact) mass is 372 g/mol. The van der Waals surface area contributed by atoms with Crippen LogP contribution in [0.4, 0.5) is 0 Å². The maximum atomic E-state index is 5.53. The van der Waals surface area contributed by atoms with Gasteiger partial charge in [-0.1, -0.05) is 37.9 Å². The fourth-order valence-corrected chi connectivity index (χ4v) is 4.98. The van der Waals surface area contributed by atoms with Crippen molar-refractivity contribution in [1.82, 2.24) is 0 Å². The van der Waals surface area contributed by atoms with E-state index in [2.05, 4.69) is 50.1 Å². The lowest BCUT2D eigenvalue weighted by atomic mass is 9.94. The van der Waals surface area contributed by atoms with Crippen molar-refractivity contribution in [1.29, 1.82) is 0 Å². The van der Waals surface area contributed by atoms with Gasteiger partial charge in [0, 0.05) is 9.30 Å². The summed E-state index contributed by atoms with van der Waals surface area (Å²) in [4.78, 5) is 0.482. The summed E-state index contributed by atoms with van der Waals surface area (Å²) in [5.74, 6) is 3.83. The van der Waals surface area contributed by atoms with Gasteiger partial charge in [0.15, 0.2) is 0 Å². The first-order chi connectivity index (χ1) is 8.69. The highest BCUT2D eigenvalue weighted by Gasteiger charge is 2.47. The highest BCUT2D eigenvalue weighted by Crippen LogP contribution is 2.59. The van der Waals surface area contributed by atoms with Gasteiger partial charge in [-0.3, -0.25) is 0 Å². The molecule has 2 fully saturated rings. The Hall–Kier alpha value is -0.0200. The van der Waals surface area contributed by atoms with E-state index in [0.717, 1.165) is 34.6 Å². The molecule has 0 N–H and O–H groups in total. The predicted molar refractivity (Wildman–Crippen MR) is 81.3 cm³/mol. The molecule has 2 aliphatic carbocycles. The Morgan fingerprint density at radius 1 is 1.28 bits per heavy atom. The number of rotatable bonds is 4. The van der Waals surface area contributed by atoms with Crippen molar-refractivity contribution in [2.45, 2.75) is 31.0 Å². The molecule has 0 bridgehead atoms. The Morgan fingerprint density at radius 2 is 2.00 bits per heavy atom. The van der Waals surface area contributed by atoms with E-state index in [9.17, 15) is 0 Å². The van der Waals surface area contributed by atoms with Gasteiger partial charge >= 0.3 is 0 Å². The van der Waals surface area contributed by atoms with E-state index >= 15 is 0 Å². The maximum Gasteiger partial charge on any atom is 0.120 e. The summed E-state index contributed by atoms with van der Waals surface area (Å²) in [5, 5.41) is 0. The predicted octanol–water partition coefficient (Wildman–Crippen LogP) is 5.33. The van der Waals surface area contributed by atoms with Crippen LogP contribution in [0.2, 0.25) is 0 Å². The molecular weight excluding hydrogens is 356 g/mol. The van der Waals surface area contributed by atoms with Gasteiger partial charge in [-0.2, -0.15) is 0 Å². The molecule has 0 amide bonds. The molecule has 0 heterocycles. The van der Waals surface area contributed by atoms with Crippen LogP contribution in [0.25, 0.3) is 0 Å². The van der Waals surface area contributed by atoms with E-state index in [1.54, 1.807) is 0 Å². The second-order valence-electron chi connectivity index (χ2n) is 5.51. The standard InChI is InChI=1S/C15H18Br2O/c1-2-18-12-3-4-13(14(16)8-12)15(17)11-6-9-5-10(9)7-11/h3-4,8-11,15H,2,5-7H2,1H3. The normalized spacial score (nSPS) is 30.9. The molecule has 3 atom stereocenters. The molecule has 0 saturated heterocycles. The van der Waals surface area contributed by atoms with E-state index < -0.39 is 0 Å². The van der Waals surface area contributed by atoms with Gasteiger partial charge in [-0.15, -0.1) is 0 Å². The van der Waals surface area contributed by atoms with Gasteiger partial charge in [-0.05, 0) is 61.6 Å². The van der Waals surface area contributed by atoms with E-state index in [4.69, 9.17) is 4.74 Å². The molecule has 98 valence electrons. The Balaban J connectivity index is 1.74. The number of fused-ring (bicyclic) bond motifs is 1. The van der Waals surface area contributed by atoms with Gasteiger partial charge in [0.1, 0.15) is 5.75 Å².